The monoisotopic (exact) mass is 274 g/mol. The van der Waals surface area contributed by atoms with Gasteiger partial charge in [-0.25, -0.2) is 4.79 Å². The van der Waals surface area contributed by atoms with Crippen LogP contribution in [0.25, 0.3) is 0 Å². The molecule has 2 heterocycles. The number of ether oxygens (including phenoxy) is 1. The van der Waals surface area contributed by atoms with Crippen LogP contribution in [0.4, 0.5) is 5.69 Å². The highest BCUT2D eigenvalue weighted by Crippen LogP contribution is 2.40. The Bertz CT molecular complexity index is 652. The second-order valence-corrected chi connectivity index (χ2v) is 4.69. The Morgan fingerprint density at radius 3 is 2.90 bits per heavy atom. The van der Waals surface area contributed by atoms with Crippen molar-refractivity contribution in [3.05, 3.63) is 41.6 Å². The van der Waals surface area contributed by atoms with Crippen LogP contribution in [0, 0.1) is 0 Å². The molecule has 2 aromatic rings. The predicted octanol–water partition coefficient (Wildman–Crippen LogP) is 2.52. The first-order valence-electron chi connectivity index (χ1n) is 6.35. The lowest BCUT2D eigenvalue weighted by atomic mass is 10.1. The van der Waals surface area contributed by atoms with Crippen LogP contribution in [0.15, 0.2) is 29.0 Å². The lowest BCUT2D eigenvalue weighted by molar-refractivity contribution is 0.0566. The summed E-state index contributed by atoms with van der Waals surface area (Å²) < 4.78 is 9.62. The highest BCUT2D eigenvalue weighted by Gasteiger charge is 2.29. The summed E-state index contributed by atoms with van der Waals surface area (Å²) in [6.07, 6.45) is 5.28. The van der Waals surface area contributed by atoms with E-state index in [0.29, 0.717) is 17.2 Å². The van der Waals surface area contributed by atoms with Crippen molar-refractivity contribution < 1.29 is 18.7 Å². The van der Waals surface area contributed by atoms with Crippen molar-refractivity contribution in [1.29, 1.82) is 0 Å². The molecule has 1 amide bonds. The number of carbonyl (C=O) groups excluding carboxylic acids is 2. The van der Waals surface area contributed by atoms with E-state index in [4.69, 9.17) is 4.42 Å². The summed E-state index contributed by atoms with van der Waals surface area (Å²) in [5.41, 5.74) is 1.86. The summed E-state index contributed by atoms with van der Waals surface area (Å²) >= 11 is 0. The largest absolute Gasteiger partial charge is 0.463 e. The third kappa shape index (κ3) is 2.20. The molecule has 1 aliphatic carbocycles. The molecule has 1 aliphatic rings. The molecule has 0 bridgehead atoms. The molecule has 104 valence electrons. The van der Waals surface area contributed by atoms with E-state index >= 15 is 0 Å². The Balaban J connectivity index is 1.81. The van der Waals surface area contributed by atoms with Gasteiger partial charge in [-0.15, -0.1) is 0 Å². The molecule has 2 N–H and O–H groups in total. The van der Waals surface area contributed by atoms with Crippen molar-refractivity contribution in [2.24, 2.45) is 0 Å². The lowest BCUT2D eigenvalue weighted by Crippen LogP contribution is -2.15. The number of hydrogen-bond donors (Lipinski definition) is 2. The van der Waals surface area contributed by atoms with Gasteiger partial charge >= 0.3 is 5.97 Å². The molecule has 6 nitrogen and oxygen atoms in total. The minimum absolute atomic E-state index is 0.00985. The maximum absolute atomic E-state index is 12.3. The number of furan rings is 1. The molecule has 6 heteroatoms. The van der Waals surface area contributed by atoms with E-state index in [0.717, 1.165) is 18.5 Å². The number of anilines is 1. The molecule has 0 aromatic carbocycles. The molecule has 2 aromatic heterocycles. The molecule has 3 rings (SSSR count). The standard InChI is InChI=1S/C14H14N2O4/c1-19-14(18)12-10(5-7-20-12)16-13(17)9-4-6-15-11(9)8-2-3-8/h4-8,15H,2-3H2,1H3,(H,16,17). The molecule has 0 radical (unpaired) electrons. The van der Waals surface area contributed by atoms with Gasteiger partial charge in [0.15, 0.2) is 0 Å². The van der Waals surface area contributed by atoms with Gasteiger partial charge < -0.3 is 19.5 Å². The molecular formula is C14H14N2O4. The maximum atomic E-state index is 12.3. The number of methoxy groups -OCH3 is 1. The summed E-state index contributed by atoms with van der Waals surface area (Å²) in [5.74, 6) is -0.457. The predicted molar refractivity (Wildman–Crippen MR) is 70.8 cm³/mol. The van der Waals surface area contributed by atoms with Crippen LogP contribution in [0.2, 0.25) is 0 Å². The summed E-state index contributed by atoms with van der Waals surface area (Å²) in [6, 6.07) is 3.26. The van der Waals surface area contributed by atoms with Crippen molar-refractivity contribution >= 4 is 17.6 Å². The Morgan fingerprint density at radius 1 is 1.40 bits per heavy atom. The highest BCUT2D eigenvalue weighted by atomic mass is 16.5. The number of aromatic amines is 1. The first-order valence-corrected chi connectivity index (χ1v) is 6.35. The lowest BCUT2D eigenvalue weighted by Gasteiger charge is -2.05. The number of rotatable bonds is 4. The van der Waals surface area contributed by atoms with Crippen molar-refractivity contribution in [3.63, 3.8) is 0 Å². The SMILES string of the molecule is COC(=O)c1occc1NC(=O)c1cc[nH]c1C1CC1. The van der Waals surface area contributed by atoms with Gasteiger partial charge in [-0.1, -0.05) is 0 Å². The Morgan fingerprint density at radius 2 is 2.20 bits per heavy atom. The number of carbonyl (C=O) groups is 2. The van der Waals surface area contributed by atoms with Gasteiger partial charge in [0.2, 0.25) is 5.76 Å². The van der Waals surface area contributed by atoms with E-state index in [1.165, 1.54) is 19.4 Å². The number of aromatic nitrogens is 1. The zero-order valence-electron chi connectivity index (χ0n) is 10.9. The molecule has 0 spiro atoms. The molecule has 0 aliphatic heterocycles. The minimum Gasteiger partial charge on any atom is -0.463 e. The molecule has 20 heavy (non-hydrogen) atoms. The van der Waals surface area contributed by atoms with Crippen LogP contribution in [-0.2, 0) is 4.74 Å². The summed E-state index contributed by atoms with van der Waals surface area (Å²) in [4.78, 5) is 26.8. The Labute approximate surface area is 115 Å². The van der Waals surface area contributed by atoms with Gasteiger partial charge in [-0.2, -0.15) is 0 Å². The van der Waals surface area contributed by atoms with Crippen LogP contribution < -0.4 is 5.32 Å². The third-order valence-electron chi connectivity index (χ3n) is 3.29. The van der Waals surface area contributed by atoms with Crippen molar-refractivity contribution in [2.75, 3.05) is 12.4 Å². The second-order valence-electron chi connectivity index (χ2n) is 4.69. The van der Waals surface area contributed by atoms with E-state index in [9.17, 15) is 9.59 Å². The summed E-state index contributed by atoms with van der Waals surface area (Å²) in [7, 11) is 1.26. The number of H-pyrrole nitrogens is 1. The van der Waals surface area contributed by atoms with E-state index in [1.807, 2.05) is 0 Å². The van der Waals surface area contributed by atoms with Crippen LogP contribution in [-0.4, -0.2) is 24.0 Å². The fourth-order valence-electron chi connectivity index (χ4n) is 2.14. The Hall–Kier alpha value is -2.50. The van der Waals surface area contributed by atoms with Crippen molar-refractivity contribution in [2.45, 2.75) is 18.8 Å². The van der Waals surface area contributed by atoms with Crippen LogP contribution in [0.3, 0.4) is 0 Å². The molecule has 0 saturated heterocycles. The van der Waals surface area contributed by atoms with Gasteiger partial charge in [-0.05, 0) is 24.8 Å². The quantitative estimate of drug-likeness (QED) is 0.839. The van der Waals surface area contributed by atoms with Crippen molar-refractivity contribution in [3.8, 4) is 0 Å². The van der Waals surface area contributed by atoms with Crippen LogP contribution in [0.1, 0.15) is 45.4 Å². The highest BCUT2D eigenvalue weighted by molar-refractivity contribution is 6.08. The minimum atomic E-state index is -0.623. The fraction of sp³-hybridized carbons (Fsp3) is 0.286. The fourth-order valence-corrected chi connectivity index (χ4v) is 2.14. The average Bonchev–Trinajstić information content (AvgIpc) is 3.00. The van der Waals surface area contributed by atoms with E-state index < -0.39 is 5.97 Å². The normalized spacial score (nSPS) is 14.1. The van der Waals surface area contributed by atoms with E-state index in [-0.39, 0.29) is 11.7 Å². The van der Waals surface area contributed by atoms with Crippen LogP contribution in [0.5, 0.6) is 0 Å². The molecule has 1 saturated carbocycles. The van der Waals surface area contributed by atoms with Gasteiger partial charge in [-0.3, -0.25) is 4.79 Å². The summed E-state index contributed by atoms with van der Waals surface area (Å²) in [5, 5.41) is 2.68. The van der Waals surface area contributed by atoms with Gasteiger partial charge in [0.1, 0.15) is 0 Å². The maximum Gasteiger partial charge on any atom is 0.376 e. The topological polar surface area (TPSA) is 84.3 Å². The van der Waals surface area contributed by atoms with Gasteiger partial charge in [0, 0.05) is 18.0 Å². The Kier molecular flexibility index (Phi) is 3.06. The zero-order chi connectivity index (χ0) is 14.1. The number of esters is 1. The van der Waals surface area contributed by atoms with Gasteiger partial charge in [0.25, 0.3) is 5.91 Å². The molecule has 0 unspecified atom stereocenters. The number of amides is 1. The smallest absolute Gasteiger partial charge is 0.376 e. The third-order valence-corrected chi connectivity index (χ3v) is 3.29. The number of nitrogens with one attached hydrogen (secondary N) is 2. The molecular weight excluding hydrogens is 260 g/mol. The summed E-state index contributed by atoms with van der Waals surface area (Å²) in [6.45, 7) is 0. The molecule has 1 fully saturated rings. The van der Waals surface area contributed by atoms with Crippen molar-refractivity contribution in [1.82, 2.24) is 4.98 Å². The molecule has 0 atom stereocenters. The average molecular weight is 274 g/mol. The van der Waals surface area contributed by atoms with Crippen LogP contribution >= 0.6 is 0 Å². The first-order chi connectivity index (χ1) is 9.70. The van der Waals surface area contributed by atoms with E-state index in [1.54, 1.807) is 12.3 Å². The van der Waals surface area contributed by atoms with E-state index in [2.05, 4.69) is 15.0 Å². The second kappa shape index (κ2) is 4.88. The first kappa shape index (κ1) is 12.5. The zero-order valence-corrected chi connectivity index (χ0v) is 10.9. The number of hydrogen-bond acceptors (Lipinski definition) is 4. The van der Waals surface area contributed by atoms with Gasteiger partial charge in [0.05, 0.1) is 24.6 Å².